The van der Waals surface area contributed by atoms with E-state index in [0.29, 0.717) is 0 Å². The highest BCUT2D eigenvalue weighted by molar-refractivity contribution is 5.86. The molecule has 0 bridgehead atoms. The molecule has 3 N–H and O–H groups in total. The van der Waals surface area contributed by atoms with Crippen molar-refractivity contribution in [1.82, 2.24) is 5.32 Å². The van der Waals surface area contributed by atoms with Crippen molar-refractivity contribution in [1.29, 1.82) is 0 Å². The summed E-state index contributed by atoms with van der Waals surface area (Å²) >= 11 is 0. The topological polar surface area (TPSA) is 64.4 Å². The Hall–Kier alpha value is -0.600. The molecule has 1 aliphatic rings. The van der Waals surface area contributed by atoms with Gasteiger partial charge in [0.05, 0.1) is 12.1 Å². The van der Waals surface area contributed by atoms with Gasteiger partial charge in [-0.2, -0.15) is 8.78 Å². The molecule has 0 unspecified atom stereocenters. The van der Waals surface area contributed by atoms with Crippen molar-refractivity contribution in [3.63, 3.8) is 0 Å². The number of alkyl halides is 4. The third-order valence-corrected chi connectivity index (χ3v) is 2.64. The van der Waals surface area contributed by atoms with Crippen LogP contribution in [0.2, 0.25) is 0 Å². The fourth-order valence-electron chi connectivity index (χ4n) is 1.41. The van der Waals surface area contributed by atoms with E-state index in [-0.39, 0.29) is 38.5 Å². The van der Waals surface area contributed by atoms with E-state index in [1.54, 1.807) is 5.32 Å². The Balaban J connectivity index is 0.00000289. The average Bonchev–Trinajstić information content (AvgIpc) is 2.26. The second kappa shape index (κ2) is 6.53. The number of halogens is 5. The van der Waals surface area contributed by atoms with Crippen molar-refractivity contribution < 1.29 is 27.1 Å². The first-order chi connectivity index (χ1) is 7.78. The van der Waals surface area contributed by atoms with Crippen molar-refractivity contribution in [2.24, 2.45) is 5.73 Å². The summed E-state index contributed by atoms with van der Waals surface area (Å²) < 4.78 is 53.8. The molecule has 1 amide bonds. The first-order valence-corrected chi connectivity index (χ1v) is 5.09. The van der Waals surface area contributed by atoms with Crippen LogP contribution in [0.4, 0.5) is 17.6 Å². The predicted octanol–water partition coefficient (Wildman–Crippen LogP) is 0.933. The van der Waals surface area contributed by atoms with Crippen molar-refractivity contribution in [3.05, 3.63) is 0 Å². The summed E-state index contributed by atoms with van der Waals surface area (Å²) in [7, 11) is 0. The minimum Gasteiger partial charge on any atom is -0.381 e. The molecule has 0 radical (unpaired) electrons. The molecule has 0 aliphatic carbocycles. The molecule has 0 saturated carbocycles. The summed E-state index contributed by atoms with van der Waals surface area (Å²) in [6, 6.07) is 0. The smallest absolute Gasteiger partial charge is 0.324 e. The molecular weight excluding hydrogens is 280 g/mol. The van der Waals surface area contributed by atoms with Crippen LogP contribution in [0, 0.1) is 0 Å². The molecule has 0 spiro atoms. The Morgan fingerprint density at radius 3 is 2.33 bits per heavy atom. The zero-order valence-electron chi connectivity index (χ0n) is 9.43. The molecule has 4 nitrogen and oxygen atoms in total. The van der Waals surface area contributed by atoms with E-state index in [1.165, 1.54) is 0 Å². The van der Waals surface area contributed by atoms with E-state index < -0.39 is 30.3 Å². The summed E-state index contributed by atoms with van der Waals surface area (Å²) in [6.07, 6.45) is -3.45. The molecule has 1 saturated heterocycles. The number of rotatable bonds is 4. The summed E-state index contributed by atoms with van der Waals surface area (Å²) in [5, 5.41) is 1.76. The molecular formula is C9H15ClF4N2O2. The third-order valence-electron chi connectivity index (χ3n) is 2.64. The van der Waals surface area contributed by atoms with Crippen LogP contribution in [0.1, 0.15) is 12.8 Å². The van der Waals surface area contributed by atoms with Gasteiger partial charge in [-0.15, -0.1) is 12.4 Å². The van der Waals surface area contributed by atoms with Crippen LogP contribution in [0.25, 0.3) is 0 Å². The molecule has 1 aliphatic heterocycles. The van der Waals surface area contributed by atoms with Gasteiger partial charge in [0.15, 0.2) is 0 Å². The number of hydrogen-bond donors (Lipinski definition) is 2. The molecule has 18 heavy (non-hydrogen) atoms. The van der Waals surface area contributed by atoms with Crippen molar-refractivity contribution >= 4 is 18.3 Å². The van der Waals surface area contributed by atoms with Crippen LogP contribution in [0.5, 0.6) is 0 Å². The van der Waals surface area contributed by atoms with E-state index in [2.05, 4.69) is 0 Å². The SMILES string of the molecule is Cl.NC1(C(=O)NCC(F)(F)C(F)F)CCOCC1. The minimum absolute atomic E-state index is 0. The van der Waals surface area contributed by atoms with Gasteiger partial charge >= 0.3 is 12.3 Å². The molecule has 0 aromatic heterocycles. The van der Waals surface area contributed by atoms with Crippen LogP contribution in [-0.2, 0) is 9.53 Å². The van der Waals surface area contributed by atoms with Crippen LogP contribution in [0.15, 0.2) is 0 Å². The summed E-state index contributed by atoms with van der Waals surface area (Å²) in [5.41, 5.74) is 4.37. The molecule has 108 valence electrons. The lowest BCUT2D eigenvalue weighted by Gasteiger charge is -2.32. The Kier molecular flexibility index (Phi) is 6.32. The zero-order valence-corrected chi connectivity index (χ0v) is 10.2. The van der Waals surface area contributed by atoms with Crippen LogP contribution >= 0.6 is 12.4 Å². The summed E-state index contributed by atoms with van der Waals surface area (Å²) in [5.74, 6) is -5.09. The van der Waals surface area contributed by atoms with Gasteiger partial charge < -0.3 is 15.8 Å². The van der Waals surface area contributed by atoms with Gasteiger partial charge in [0, 0.05) is 13.2 Å². The van der Waals surface area contributed by atoms with Crippen molar-refractivity contribution in [3.8, 4) is 0 Å². The standard InChI is InChI=1S/C9H14F4N2O2.ClH/c10-6(11)9(12,13)5-15-7(16)8(14)1-3-17-4-2-8;/h6H,1-5,14H2,(H,15,16);1H. The molecule has 1 fully saturated rings. The van der Waals surface area contributed by atoms with E-state index in [4.69, 9.17) is 10.5 Å². The highest BCUT2D eigenvalue weighted by Gasteiger charge is 2.43. The largest absolute Gasteiger partial charge is 0.381 e. The average molecular weight is 295 g/mol. The zero-order chi connectivity index (χ0) is 13.1. The van der Waals surface area contributed by atoms with Gasteiger partial charge in [-0.1, -0.05) is 0 Å². The summed E-state index contributed by atoms with van der Waals surface area (Å²) in [6.45, 7) is -0.923. The van der Waals surface area contributed by atoms with Crippen LogP contribution in [0.3, 0.4) is 0 Å². The van der Waals surface area contributed by atoms with E-state index in [0.717, 1.165) is 0 Å². The van der Waals surface area contributed by atoms with Gasteiger partial charge in [-0.05, 0) is 12.8 Å². The molecule has 1 heterocycles. The number of nitrogens with two attached hydrogens (primary N) is 1. The van der Waals surface area contributed by atoms with Gasteiger partial charge in [-0.25, -0.2) is 8.78 Å². The second-order valence-electron chi connectivity index (χ2n) is 4.01. The van der Waals surface area contributed by atoms with Gasteiger partial charge in [0.2, 0.25) is 5.91 Å². The highest BCUT2D eigenvalue weighted by atomic mass is 35.5. The maximum Gasteiger partial charge on any atom is 0.324 e. The van der Waals surface area contributed by atoms with Crippen molar-refractivity contribution in [2.45, 2.75) is 30.7 Å². The minimum atomic E-state index is -4.24. The number of carbonyl (C=O) groups is 1. The third kappa shape index (κ3) is 4.25. The maximum absolute atomic E-state index is 12.6. The molecule has 0 aromatic rings. The fraction of sp³-hybridized carbons (Fsp3) is 0.889. The van der Waals surface area contributed by atoms with E-state index in [1.807, 2.05) is 0 Å². The Bertz CT molecular complexity index is 286. The van der Waals surface area contributed by atoms with E-state index in [9.17, 15) is 22.4 Å². The quantitative estimate of drug-likeness (QED) is 0.758. The molecule has 0 aromatic carbocycles. The summed E-state index contributed by atoms with van der Waals surface area (Å²) in [4.78, 5) is 11.5. The Morgan fingerprint density at radius 2 is 1.89 bits per heavy atom. The van der Waals surface area contributed by atoms with Crippen molar-refractivity contribution in [2.75, 3.05) is 19.8 Å². The van der Waals surface area contributed by atoms with Gasteiger partial charge in [0.1, 0.15) is 0 Å². The predicted molar refractivity (Wildman–Crippen MR) is 58.2 cm³/mol. The normalized spacial score (nSPS) is 19.2. The maximum atomic E-state index is 12.6. The first kappa shape index (κ1) is 17.4. The van der Waals surface area contributed by atoms with Crippen LogP contribution in [-0.4, -0.2) is 43.6 Å². The van der Waals surface area contributed by atoms with Gasteiger partial charge in [-0.3, -0.25) is 4.79 Å². The number of nitrogens with one attached hydrogen (secondary N) is 1. The fourth-order valence-corrected chi connectivity index (χ4v) is 1.41. The Labute approximate surface area is 108 Å². The second-order valence-corrected chi connectivity index (χ2v) is 4.01. The number of ether oxygens (including phenoxy) is 1. The highest BCUT2D eigenvalue weighted by Crippen LogP contribution is 2.23. The molecule has 1 rings (SSSR count). The lowest BCUT2D eigenvalue weighted by molar-refractivity contribution is -0.141. The first-order valence-electron chi connectivity index (χ1n) is 5.09. The van der Waals surface area contributed by atoms with Crippen LogP contribution < -0.4 is 11.1 Å². The van der Waals surface area contributed by atoms with E-state index >= 15 is 0 Å². The lowest BCUT2D eigenvalue weighted by Crippen LogP contribution is -2.58. The van der Waals surface area contributed by atoms with Gasteiger partial charge in [0.25, 0.3) is 0 Å². The number of hydrogen-bond acceptors (Lipinski definition) is 3. The monoisotopic (exact) mass is 294 g/mol. The number of carbonyl (C=O) groups excluding carboxylic acids is 1. The Morgan fingerprint density at radius 1 is 1.39 bits per heavy atom. The number of amides is 1. The molecule has 0 atom stereocenters. The molecule has 9 heteroatoms. The lowest BCUT2D eigenvalue weighted by atomic mass is 9.90.